The zero-order valence-electron chi connectivity index (χ0n) is 13.1. The van der Waals surface area contributed by atoms with Crippen molar-refractivity contribution in [2.24, 2.45) is 0 Å². The summed E-state index contributed by atoms with van der Waals surface area (Å²) in [6.07, 6.45) is 0. The highest BCUT2D eigenvalue weighted by Gasteiger charge is 2.22. The highest BCUT2D eigenvalue weighted by molar-refractivity contribution is 7.21. The number of ether oxygens (including phenoxy) is 2. The number of carbonyl (C=O) groups excluding carboxylic acids is 2. The van der Waals surface area contributed by atoms with Gasteiger partial charge in [-0.05, 0) is 30.3 Å². The summed E-state index contributed by atoms with van der Waals surface area (Å²) in [6.45, 7) is 2.54. The zero-order valence-corrected chi connectivity index (χ0v) is 15.5. The van der Waals surface area contributed by atoms with Crippen LogP contribution in [0.1, 0.15) is 13.8 Å². The maximum Gasteiger partial charge on any atom is 0.308 e. The standard InChI is InChI=1S/C17H11Cl2NO4S/c1-8(21)23-13-5-4-11(19)16(24-9(2)22)15(13)17-20-12-7-10(18)3-6-14(12)25-17/h3-7H,1-2H3. The normalized spacial score (nSPS) is 10.7. The molecule has 0 aliphatic carbocycles. The van der Waals surface area contributed by atoms with Crippen LogP contribution in [0.15, 0.2) is 30.3 Å². The summed E-state index contributed by atoms with van der Waals surface area (Å²) >= 11 is 13.5. The second kappa shape index (κ2) is 7.00. The van der Waals surface area contributed by atoms with Crippen LogP contribution in [0.4, 0.5) is 0 Å². The van der Waals surface area contributed by atoms with Gasteiger partial charge >= 0.3 is 11.9 Å². The van der Waals surface area contributed by atoms with E-state index in [0.717, 1.165) is 4.70 Å². The average molecular weight is 396 g/mol. The Kier molecular flexibility index (Phi) is 4.94. The van der Waals surface area contributed by atoms with E-state index in [-0.39, 0.29) is 16.5 Å². The lowest BCUT2D eigenvalue weighted by molar-refractivity contribution is -0.132. The van der Waals surface area contributed by atoms with E-state index in [1.54, 1.807) is 12.1 Å². The minimum atomic E-state index is -0.549. The molecule has 0 radical (unpaired) electrons. The van der Waals surface area contributed by atoms with Crippen molar-refractivity contribution >= 4 is 56.7 Å². The number of aromatic nitrogens is 1. The van der Waals surface area contributed by atoms with Crippen LogP contribution in [-0.4, -0.2) is 16.9 Å². The molecular weight excluding hydrogens is 385 g/mol. The molecule has 0 fully saturated rings. The fourth-order valence-corrected chi connectivity index (χ4v) is 3.59. The van der Waals surface area contributed by atoms with E-state index in [1.807, 2.05) is 6.07 Å². The molecular formula is C17H11Cl2NO4S. The predicted molar refractivity (Wildman–Crippen MR) is 97.7 cm³/mol. The molecule has 128 valence electrons. The highest BCUT2D eigenvalue weighted by Crippen LogP contribution is 2.45. The molecule has 1 heterocycles. The molecule has 0 unspecified atom stereocenters. The van der Waals surface area contributed by atoms with E-state index in [4.69, 9.17) is 32.7 Å². The summed E-state index contributed by atoms with van der Waals surface area (Å²) in [4.78, 5) is 27.4. The Morgan fingerprint density at radius 3 is 2.44 bits per heavy atom. The van der Waals surface area contributed by atoms with E-state index >= 15 is 0 Å². The van der Waals surface area contributed by atoms with Gasteiger partial charge in [0, 0.05) is 18.9 Å². The summed E-state index contributed by atoms with van der Waals surface area (Å²) in [5.74, 6) is -0.759. The van der Waals surface area contributed by atoms with Gasteiger partial charge in [0.2, 0.25) is 0 Å². The maximum absolute atomic E-state index is 11.5. The Hall–Kier alpha value is -2.15. The summed E-state index contributed by atoms with van der Waals surface area (Å²) in [7, 11) is 0. The van der Waals surface area contributed by atoms with Crippen molar-refractivity contribution in [3.63, 3.8) is 0 Å². The molecule has 0 spiro atoms. The Morgan fingerprint density at radius 1 is 1.04 bits per heavy atom. The number of benzene rings is 2. The highest BCUT2D eigenvalue weighted by atomic mass is 35.5. The molecule has 0 atom stereocenters. The van der Waals surface area contributed by atoms with Gasteiger partial charge in [-0.15, -0.1) is 11.3 Å². The number of thiazole rings is 1. The van der Waals surface area contributed by atoms with Crippen molar-refractivity contribution in [3.8, 4) is 22.1 Å². The van der Waals surface area contributed by atoms with Gasteiger partial charge in [-0.3, -0.25) is 9.59 Å². The minimum absolute atomic E-state index is 0.0954. The van der Waals surface area contributed by atoms with Crippen LogP contribution in [0.5, 0.6) is 11.5 Å². The third kappa shape index (κ3) is 3.76. The van der Waals surface area contributed by atoms with Crippen LogP contribution < -0.4 is 9.47 Å². The molecule has 8 heteroatoms. The van der Waals surface area contributed by atoms with Crippen molar-refractivity contribution in [1.82, 2.24) is 4.98 Å². The number of esters is 2. The quantitative estimate of drug-likeness (QED) is 0.454. The molecule has 1 aromatic heterocycles. The number of rotatable bonds is 3. The van der Waals surface area contributed by atoms with Crippen LogP contribution >= 0.6 is 34.5 Å². The number of hydrogen-bond acceptors (Lipinski definition) is 6. The maximum atomic E-state index is 11.5. The third-order valence-electron chi connectivity index (χ3n) is 3.13. The SMILES string of the molecule is CC(=O)Oc1ccc(Cl)c(OC(C)=O)c1-c1nc2cc(Cl)ccc2s1. The summed E-state index contributed by atoms with van der Waals surface area (Å²) in [5.41, 5.74) is 1.02. The lowest BCUT2D eigenvalue weighted by atomic mass is 10.2. The fourth-order valence-electron chi connectivity index (χ4n) is 2.23. The number of carbonyl (C=O) groups is 2. The molecule has 0 saturated heterocycles. The van der Waals surface area contributed by atoms with Crippen LogP contribution in [0.3, 0.4) is 0 Å². The van der Waals surface area contributed by atoms with Crippen LogP contribution in [-0.2, 0) is 9.59 Å². The van der Waals surface area contributed by atoms with Gasteiger partial charge < -0.3 is 9.47 Å². The zero-order chi connectivity index (χ0) is 18.1. The van der Waals surface area contributed by atoms with Gasteiger partial charge in [-0.1, -0.05) is 23.2 Å². The van der Waals surface area contributed by atoms with Crippen molar-refractivity contribution in [2.45, 2.75) is 13.8 Å². The van der Waals surface area contributed by atoms with Gasteiger partial charge in [0.25, 0.3) is 0 Å². The first-order valence-electron chi connectivity index (χ1n) is 7.11. The van der Waals surface area contributed by atoms with Gasteiger partial charge in [-0.2, -0.15) is 0 Å². The topological polar surface area (TPSA) is 65.5 Å². The Balaban J connectivity index is 2.27. The first-order chi connectivity index (χ1) is 11.8. The molecule has 0 amide bonds. The third-order valence-corrected chi connectivity index (χ3v) is 4.72. The van der Waals surface area contributed by atoms with Crippen molar-refractivity contribution in [1.29, 1.82) is 0 Å². The fraction of sp³-hybridized carbons (Fsp3) is 0.118. The van der Waals surface area contributed by atoms with E-state index < -0.39 is 11.9 Å². The van der Waals surface area contributed by atoms with E-state index in [1.165, 1.54) is 37.3 Å². The van der Waals surface area contributed by atoms with Gasteiger partial charge in [0.15, 0.2) is 5.75 Å². The van der Waals surface area contributed by atoms with Crippen LogP contribution in [0, 0.1) is 0 Å². The lowest BCUT2D eigenvalue weighted by Crippen LogP contribution is -2.07. The average Bonchev–Trinajstić information content (AvgIpc) is 2.92. The number of nitrogens with zero attached hydrogens (tertiary/aromatic N) is 1. The molecule has 0 N–H and O–H groups in total. The number of fused-ring (bicyclic) bond motifs is 1. The predicted octanol–water partition coefficient (Wildman–Crippen LogP) is 5.12. The molecule has 25 heavy (non-hydrogen) atoms. The van der Waals surface area contributed by atoms with E-state index in [9.17, 15) is 9.59 Å². The Morgan fingerprint density at radius 2 is 1.76 bits per heavy atom. The van der Waals surface area contributed by atoms with E-state index in [2.05, 4.69) is 4.98 Å². The Labute approximate surface area is 157 Å². The molecule has 0 saturated carbocycles. The van der Waals surface area contributed by atoms with Crippen LogP contribution in [0.2, 0.25) is 10.0 Å². The summed E-state index contributed by atoms with van der Waals surface area (Å²) < 4.78 is 11.4. The molecule has 0 aliphatic heterocycles. The minimum Gasteiger partial charge on any atom is -0.426 e. The first-order valence-corrected chi connectivity index (χ1v) is 8.68. The molecule has 3 rings (SSSR count). The number of hydrogen-bond donors (Lipinski definition) is 0. The summed E-state index contributed by atoms with van der Waals surface area (Å²) in [6, 6.07) is 8.33. The summed E-state index contributed by atoms with van der Waals surface area (Å²) in [5, 5.41) is 1.25. The number of halogens is 2. The largest absolute Gasteiger partial charge is 0.426 e. The van der Waals surface area contributed by atoms with Crippen molar-refractivity contribution in [3.05, 3.63) is 40.4 Å². The molecule has 0 bridgehead atoms. The van der Waals surface area contributed by atoms with Gasteiger partial charge in [0.05, 0.1) is 20.8 Å². The second-order valence-corrected chi connectivity index (χ2v) is 6.94. The van der Waals surface area contributed by atoms with Crippen molar-refractivity contribution < 1.29 is 19.1 Å². The molecule has 5 nitrogen and oxygen atoms in total. The monoisotopic (exact) mass is 395 g/mol. The first kappa shape index (κ1) is 17.7. The molecule has 2 aromatic carbocycles. The van der Waals surface area contributed by atoms with Gasteiger partial charge in [0.1, 0.15) is 10.8 Å². The van der Waals surface area contributed by atoms with Crippen LogP contribution in [0.25, 0.3) is 20.8 Å². The van der Waals surface area contributed by atoms with Gasteiger partial charge in [-0.25, -0.2) is 4.98 Å². The Bertz CT molecular complexity index is 1000. The van der Waals surface area contributed by atoms with E-state index in [0.29, 0.717) is 21.1 Å². The molecule has 3 aromatic rings. The molecule has 0 aliphatic rings. The van der Waals surface area contributed by atoms with Crippen molar-refractivity contribution in [2.75, 3.05) is 0 Å². The second-order valence-electron chi connectivity index (χ2n) is 5.07. The lowest BCUT2D eigenvalue weighted by Gasteiger charge is -2.13. The smallest absolute Gasteiger partial charge is 0.308 e.